The smallest absolute Gasteiger partial charge is 0.348 e. The summed E-state index contributed by atoms with van der Waals surface area (Å²) in [7, 11) is 1.32. The molecule has 0 radical (unpaired) electrons. The molecule has 1 aliphatic heterocycles. The van der Waals surface area contributed by atoms with Gasteiger partial charge in [-0.15, -0.1) is 11.3 Å². The molecule has 6 nitrogen and oxygen atoms in total. The van der Waals surface area contributed by atoms with Gasteiger partial charge < -0.3 is 15.0 Å². The van der Waals surface area contributed by atoms with Gasteiger partial charge in [0.1, 0.15) is 4.88 Å². The quantitative estimate of drug-likeness (QED) is 0.818. The molecule has 1 fully saturated rings. The SMILES string of the molecule is COC(=O)c1ccc(NC(=O)[C@@H]2CCCN(C(=O)c3ccc(C)cc3)C2)s1. The van der Waals surface area contributed by atoms with Crippen LogP contribution in [0, 0.1) is 12.8 Å². The fraction of sp³-hybridized carbons (Fsp3) is 0.350. The zero-order chi connectivity index (χ0) is 19.4. The molecule has 0 bridgehead atoms. The highest BCUT2D eigenvalue weighted by Crippen LogP contribution is 2.25. The van der Waals surface area contributed by atoms with Crippen LogP contribution < -0.4 is 5.32 Å². The normalized spacial score (nSPS) is 16.7. The van der Waals surface area contributed by atoms with Gasteiger partial charge in [-0.2, -0.15) is 0 Å². The number of ether oxygens (including phenoxy) is 1. The largest absolute Gasteiger partial charge is 0.465 e. The molecule has 0 aliphatic carbocycles. The number of likely N-dealkylation sites (tertiary alicyclic amines) is 1. The Kier molecular flexibility index (Phi) is 5.91. The molecule has 2 amide bonds. The zero-order valence-electron chi connectivity index (χ0n) is 15.4. The van der Waals surface area contributed by atoms with E-state index in [4.69, 9.17) is 0 Å². The average Bonchev–Trinajstić information content (AvgIpc) is 3.16. The number of hydrogen-bond acceptors (Lipinski definition) is 5. The number of thiophene rings is 1. The molecule has 2 heterocycles. The molecule has 1 aromatic heterocycles. The van der Waals surface area contributed by atoms with Crippen LogP contribution in [0.3, 0.4) is 0 Å². The van der Waals surface area contributed by atoms with Crippen LogP contribution in [0.2, 0.25) is 0 Å². The summed E-state index contributed by atoms with van der Waals surface area (Å²) in [5.41, 5.74) is 1.74. The molecule has 1 aromatic carbocycles. The summed E-state index contributed by atoms with van der Waals surface area (Å²) >= 11 is 1.18. The van der Waals surface area contributed by atoms with Gasteiger partial charge in [0.05, 0.1) is 18.0 Å². The lowest BCUT2D eigenvalue weighted by Gasteiger charge is -2.32. The molecule has 0 saturated carbocycles. The second-order valence-corrected chi connectivity index (χ2v) is 7.68. The number of benzene rings is 1. The van der Waals surface area contributed by atoms with Gasteiger partial charge >= 0.3 is 5.97 Å². The van der Waals surface area contributed by atoms with Crippen LogP contribution >= 0.6 is 11.3 Å². The van der Waals surface area contributed by atoms with E-state index in [0.717, 1.165) is 18.4 Å². The molecule has 1 atom stereocenters. The maximum atomic E-state index is 12.7. The van der Waals surface area contributed by atoms with Gasteiger partial charge in [-0.25, -0.2) is 4.79 Å². The van der Waals surface area contributed by atoms with E-state index in [9.17, 15) is 14.4 Å². The van der Waals surface area contributed by atoms with E-state index >= 15 is 0 Å². The van der Waals surface area contributed by atoms with Crippen LogP contribution in [0.4, 0.5) is 5.00 Å². The van der Waals surface area contributed by atoms with E-state index in [1.165, 1.54) is 18.4 Å². The highest BCUT2D eigenvalue weighted by atomic mass is 32.1. The molecule has 1 aliphatic rings. The van der Waals surface area contributed by atoms with Crippen molar-refractivity contribution in [2.24, 2.45) is 5.92 Å². The number of hydrogen-bond donors (Lipinski definition) is 1. The molecule has 7 heteroatoms. The summed E-state index contributed by atoms with van der Waals surface area (Å²) in [6, 6.07) is 10.8. The van der Waals surface area contributed by atoms with E-state index < -0.39 is 5.97 Å². The Labute approximate surface area is 162 Å². The van der Waals surface area contributed by atoms with Crippen LogP contribution in [-0.2, 0) is 9.53 Å². The van der Waals surface area contributed by atoms with Gasteiger partial charge in [0.25, 0.3) is 5.91 Å². The summed E-state index contributed by atoms with van der Waals surface area (Å²) in [6.07, 6.45) is 1.52. The minimum absolute atomic E-state index is 0.0448. The summed E-state index contributed by atoms with van der Waals surface area (Å²) in [5, 5.41) is 3.45. The third kappa shape index (κ3) is 4.54. The molecule has 1 N–H and O–H groups in total. The lowest BCUT2D eigenvalue weighted by Crippen LogP contribution is -2.43. The second kappa shape index (κ2) is 8.35. The number of methoxy groups -OCH3 is 1. The van der Waals surface area contributed by atoms with Crippen molar-refractivity contribution >= 4 is 34.1 Å². The van der Waals surface area contributed by atoms with E-state index in [2.05, 4.69) is 10.1 Å². The molecule has 0 spiro atoms. The van der Waals surface area contributed by atoms with E-state index in [1.54, 1.807) is 17.0 Å². The molecular weight excluding hydrogens is 364 g/mol. The number of nitrogens with zero attached hydrogens (tertiary/aromatic N) is 1. The molecule has 142 valence electrons. The van der Waals surface area contributed by atoms with Crippen LogP contribution in [0.5, 0.6) is 0 Å². The van der Waals surface area contributed by atoms with Crippen LogP contribution in [-0.4, -0.2) is 42.9 Å². The van der Waals surface area contributed by atoms with E-state index in [0.29, 0.717) is 28.5 Å². The number of aryl methyl sites for hydroxylation is 1. The van der Waals surface area contributed by atoms with Crippen molar-refractivity contribution in [2.45, 2.75) is 19.8 Å². The predicted molar refractivity (Wildman–Crippen MR) is 104 cm³/mol. The van der Waals surface area contributed by atoms with Crippen molar-refractivity contribution in [2.75, 3.05) is 25.5 Å². The monoisotopic (exact) mass is 386 g/mol. The van der Waals surface area contributed by atoms with E-state index in [1.807, 2.05) is 31.2 Å². The molecule has 1 saturated heterocycles. The van der Waals surface area contributed by atoms with Crippen molar-refractivity contribution < 1.29 is 19.1 Å². The Balaban J connectivity index is 1.62. The number of carbonyl (C=O) groups excluding carboxylic acids is 3. The Bertz CT molecular complexity index is 844. The van der Waals surface area contributed by atoms with Crippen LogP contribution in [0.25, 0.3) is 0 Å². The number of piperidine rings is 1. The first-order valence-corrected chi connectivity index (χ1v) is 9.64. The molecule has 2 aromatic rings. The maximum Gasteiger partial charge on any atom is 0.348 e. The first-order valence-electron chi connectivity index (χ1n) is 8.83. The predicted octanol–water partition coefficient (Wildman–Crippen LogP) is 3.33. The highest BCUT2D eigenvalue weighted by Gasteiger charge is 2.29. The van der Waals surface area contributed by atoms with Gasteiger partial charge in [0, 0.05) is 18.7 Å². The Morgan fingerprint density at radius 2 is 1.89 bits per heavy atom. The first-order chi connectivity index (χ1) is 13.0. The van der Waals surface area contributed by atoms with Gasteiger partial charge in [-0.05, 0) is 44.0 Å². The molecule has 0 unspecified atom stereocenters. The summed E-state index contributed by atoms with van der Waals surface area (Å²) < 4.78 is 4.68. The number of amides is 2. The Morgan fingerprint density at radius 3 is 2.59 bits per heavy atom. The number of rotatable bonds is 4. The lowest BCUT2D eigenvalue weighted by atomic mass is 9.96. The summed E-state index contributed by atoms with van der Waals surface area (Å²) in [6.45, 7) is 3.03. The second-order valence-electron chi connectivity index (χ2n) is 6.60. The fourth-order valence-electron chi connectivity index (χ4n) is 3.09. The van der Waals surface area contributed by atoms with Crippen molar-refractivity contribution in [3.63, 3.8) is 0 Å². The van der Waals surface area contributed by atoms with Gasteiger partial charge in [-0.1, -0.05) is 17.7 Å². The average molecular weight is 386 g/mol. The molecule has 27 heavy (non-hydrogen) atoms. The Hall–Kier alpha value is -2.67. The van der Waals surface area contributed by atoms with Gasteiger partial charge in [0.2, 0.25) is 5.91 Å². The number of anilines is 1. The van der Waals surface area contributed by atoms with Gasteiger partial charge in [0.15, 0.2) is 0 Å². The van der Waals surface area contributed by atoms with Crippen molar-refractivity contribution in [1.29, 1.82) is 0 Å². The molecule has 3 rings (SSSR count). The minimum atomic E-state index is -0.423. The minimum Gasteiger partial charge on any atom is -0.465 e. The van der Waals surface area contributed by atoms with Crippen LogP contribution in [0.15, 0.2) is 36.4 Å². The van der Waals surface area contributed by atoms with Crippen molar-refractivity contribution in [1.82, 2.24) is 4.90 Å². The van der Waals surface area contributed by atoms with Crippen molar-refractivity contribution in [3.05, 3.63) is 52.4 Å². The zero-order valence-corrected chi connectivity index (χ0v) is 16.2. The summed E-state index contributed by atoms with van der Waals surface area (Å²) in [4.78, 5) is 39.0. The number of esters is 1. The Morgan fingerprint density at radius 1 is 1.15 bits per heavy atom. The van der Waals surface area contributed by atoms with E-state index in [-0.39, 0.29) is 17.7 Å². The topological polar surface area (TPSA) is 75.7 Å². The van der Waals surface area contributed by atoms with Crippen molar-refractivity contribution in [3.8, 4) is 0 Å². The lowest BCUT2D eigenvalue weighted by molar-refractivity contribution is -0.121. The molecular formula is C20H22N2O4S. The maximum absolute atomic E-state index is 12.7. The third-order valence-corrected chi connectivity index (χ3v) is 5.60. The number of carbonyl (C=O) groups is 3. The fourth-order valence-corrected chi connectivity index (χ4v) is 3.92. The number of nitrogens with one attached hydrogen (secondary N) is 1. The summed E-state index contributed by atoms with van der Waals surface area (Å²) in [5.74, 6) is -0.865. The first kappa shape index (κ1) is 19.1. The van der Waals surface area contributed by atoms with Crippen LogP contribution in [0.1, 0.15) is 38.4 Å². The third-order valence-electron chi connectivity index (χ3n) is 4.62. The standard InChI is InChI=1S/C20H22N2O4S/c1-13-5-7-14(8-6-13)19(24)22-11-3-4-15(12-22)18(23)21-17-10-9-16(27-17)20(25)26-2/h5-10,15H,3-4,11-12H2,1-2H3,(H,21,23)/t15-/m1/s1. The van der Waals surface area contributed by atoms with Gasteiger partial charge in [-0.3, -0.25) is 9.59 Å². The highest BCUT2D eigenvalue weighted by molar-refractivity contribution is 7.18.